The van der Waals surface area contributed by atoms with Crippen molar-refractivity contribution in [2.45, 2.75) is 37.8 Å². The van der Waals surface area contributed by atoms with Crippen LogP contribution in [0.1, 0.15) is 36.3 Å². The van der Waals surface area contributed by atoms with Gasteiger partial charge in [0.2, 0.25) is 12.7 Å². The van der Waals surface area contributed by atoms with Gasteiger partial charge in [-0.15, -0.1) is 0 Å². The zero-order valence-electron chi connectivity index (χ0n) is 12.3. The zero-order chi connectivity index (χ0) is 14.8. The molecule has 1 amide bonds. The predicted octanol–water partition coefficient (Wildman–Crippen LogP) is 1.63. The summed E-state index contributed by atoms with van der Waals surface area (Å²) >= 11 is 0. The summed E-state index contributed by atoms with van der Waals surface area (Å²) in [6, 6.07) is 4.37. The summed E-state index contributed by atoms with van der Waals surface area (Å²) in [5.74, 6) is 2.75. The number of amides is 1. The summed E-state index contributed by atoms with van der Waals surface area (Å²) in [5, 5.41) is 9.85. The lowest BCUT2D eigenvalue weighted by Gasteiger charge is -2.47. The Morgan fingerprint density at radius 1 is 1.23 bits per heavy atom. The quantitative estimate of drug-likeness (QED) is 0.856. The van der Waals surface area contributed by atoms with E-state index in [1.165, 1.54) is 5.56 Å². The Balaban J connectivity index is 1.67. The van der Waals surface area contributed by atoms with Crippen LogP contribution in [0.4, 0.5) is 0 Å². The molecule has 2 fully saturated rings. The van der Waals surface area contributed by atoms with Crippen LogP contribution in [-0.4, -0.2) is 35.4 Å². The number of nitrogens with zero attached hydrogens (tertiary/aromatic N) is 1. The number of rotatable bonds is 1. The fourth-order valence-electron chi connectivity index (χ4n) is 5.00. The minimum atomic E-state index is 0.184. The third kappa shape index (κ3) is 1.55. The number of carbonyl (C=O) groups is 1. The second-order valence-electron chi connectivity index (χ2n) is 6.93. The van der Waals surface area contributed by atoms with Crippen LogP contribution in [0.3, 0.4) is 0 Å². The number of ether oxygens (including phenoxy) is 2. The maximum absolute atomic E-state index is 12.4. The van der Waals surface area contributed by atoms with Crippen LogP contribution >= 0.6 is 0 Å². The van der Waals surface area contributed by atoms with Crippen molar-refractivity contribution >= 4 is 5.91 Å². The van der Waals surface area contributed by atoms with Gasteiger partial charge in [0.25, 0.3) is 0 Å². The van der Waals surface area contributed by atoms with Crippen LogP contribution in [-0.2, 0) is 11.3 Å². The van der Waals surface area contributed by atoms with Crippen LogP contribution < -0.4 is 9.47 Å². The minimum Gasteiger partial charge on any atom is -0.454 e. The third-order valence-electron chi connectivity index (χ3n) is 5.95. The Morgan fingerprint density at radius 3 is 2.86 bits per heavy atom. The molecule has 0 bridgehead atoms. The molecule has 4 atom stereocenters. The van der Waals surface area contributed by atoms with Crippen molar-refractivity contribution in [3.63, 3.8) is 0 Å². The van der Waals surface area contributed by atoms with Gasteiger partial charge < -0.3 is 19.5 Å². The fourth-order valence-corrected chi connectivity index (χ4v) is 5.00. The Morgan fingerprint density at radius 2 is 2.05 bits per heavy atom. The van der Waals surface area contributed by atoms with Gasteiger partial charge in [-0.1, -0.05) is 0 Å². The van der Waals surface area contributed by atoms with Crippen molar-refractivity contribution in [2.24, 2.45) is 11.8 Å². The molecule has 3 aliphatic heterocycles. The van der Waals surface area contributed by atoms with Gasteiger partial charge in [0.05, 0.1) is 0 Å². The van der Waals surface area contributed by atoms with Gasteiger partial charge in [-0.3, -0.25) is 4.79 Å². The Hall–Kier alpha value is -1.75. The van der Waals surface area contributed by atoms with E-state index in [0.717, 1.165) is 29.9 Å². The lowest BCUT2D eigenvalue weighted by molar-refractivity contribution is -0.130. The first-order valence-corrected chi connectivity index (χ1v) is 8.09. The maximum atomic E-state index is 12.4. The highest BCUT2D eigenvalue weighted by Crippen LogP contribution is 2.53. The lowest BCUT2D eigenvalue weighted by Crippen LogP contribution is -2.48. The molecule has 5 nitrogen and oxygen atoms in total. The topological polar surface area (TPSA) is 59.0 Å². The number of aliphatic hydroxyl groups is 1. The van der Waals surface area contributed by atoms with Crippen molar-refractivity contribution in [1.82, 2.24) is 4.90 Å². The smallest absolute Gasteiger partial charge is 0.231 e. The largest absolute Gasteiger partial charge is 0.454 e. The maximum Gasteiger partial charge on any atom is 0.231 e. The van der Waals surface area contributed by atoms with E-state index >= 15 is 0 Å². The first-order chi connectivity index (χ1) is 10.8. The average Bonchev–Trinajstić information content (AvgIpc) is 3.11. The Kier molecular flexibility index (Phi) is 2.54. The fraction of sp³-hybridized carbons (Fsp3) is 0.588. The van der Waals surface area contributed by atoms with Crippen LogP contribution in [0.5, 0.6) is 11.5 Å². The van der Waals surface area contributed by atoms with E-state index in [9.17, 15) is 9.90 Å². The molecule has 1 saturated heterocycles. The lowest BCUT2D eigenvalue weighted by atomic mass is 9.66. The number of hydrogen-bond acceptors (Lipinski definition) is 4. The molecule has 5 heteroatoms. The molecular weight excluding hydrogens is 282 g/mol. The molecule has 1 aromatic rings. The molecule has 1 aromatic carbocycles. The summed E-state index contributed by atoms with van der Waals surface area (Å²) in [7, 11) is 0. The number of carbonyl (C=O) groups excluding carboxylic acids is 1. The van der Waals surface area contributed by atoms with Gasteiger partial charge in [0, 0.05) is 31.5 Å². The second-order valence-corrected chi connectivity index (χ2v) is 6.93. The summed E-state index contributed by atoms with van der Waals surface area (Å²) in [4.78, 5) is 14.4. The van der Waals surface area contributed by atoms with E-state index in [1.807, 2.05) is 11.0 Å². The predicted molar refractivity (Wildman–Crippen MR) is 77.6 cm³/mol. The van der Waals surface area contributed by atoms with Gasteiger partial charge in [0.1, 0.15) is 0 Å². The molecule has 4 aliphatic rings. The van der Waals surface area contributed by atoms with E-state index in [4.69, 9.17) is 9.47 Å². The van der Waals surface area contributed by atoms with Crippen molar-refractivity contribution < 1.29 is 19.4 Å². The monoisotopic (exact) mass is 301 g/mol. The Bertz CT molecular complexity index is 658. The third-order valence-corrected chi connectivity index (χ3v) is 5.95. The number of hydrogen-bond donors (Lipinski definition) is 1. The van der Waals surface area contributed by atoms with Gasteiger partial charge in [-0.2, -0.15) is 0 Å². The van der Waals surface area contributed by atoms with E-state index in [1.54, 1.807) is 0 Å². The highest BCUT2D eigenvalue weighted by atomic mass is 16.7. The summed E-state index contributed by atoms with van der Waals surface area (Å²) in [6.45, 7) is 1.12. The molecule has 22 heavy (non-hydrogen) atoms. The SMILES string of the molecule is O=C1C[C@H]2CC[C@H](CO)[C@H]3c4cc5c(cc4CN1[C@H]23)OCO5. The molecule has 5 rings (SSSR count). The molecule has 0 spiro atoms. The van der Waals surface area contributed by atoms with Crippen LogP contribution in [0.2, 0.25) is 0 Å². The average molecular weight is 301 g/mol. The number of aliphatic hydroxyl groups excluding tert-OH is 1. The first kappa shape index (κ1) is 12.8. The molecule has 1 N–H and O–H groups in total. The molecule has 116 valence electrons. The van der Waals surface area contributed by atoms with E-state index in [2.05, 4.69) is 6.07 Å². The van der Waals surface area contributed by atoms with Crippen molar-refractivity contribution in [3.05, 3.63) is 23.3 Å². The van der Waals surface area contributed by atoms with Crippen molar-refractivity contribution in [1.29, 1.82) is 0 Å². The molecular formula is C17H19NO4. The normalized spacial score (nSPS) is 34.6. The van der Waals surface area contributed by atoms with Gasteiger partial charge in [0.15, 0.2) is 11.5 Å². The first-order valence-electron chi connectivity index (χ1n) is 8.09. The standard InChI is InChI=1S/C17H19NO4/c19-7-10-2-1-9-4-15(20)18-6-11-3-13-14(22-8-21-13)5-12(11)16(10)17(9)18/h3,5,9-10,16-17,19H,1-2,4,6-8H2/t9-,10-,16+,17-/m1/s1. The van der Waals surface area contributed by atoms with Gasteiger partial charge in [-0.05, 0) is 47.9 Å². The molecule has 0 aromatic heterocycles. The summed E-state index contributed by atoms with van der Waals surface area (Å²) in [6.07, 6.45) is 2.71. The minimum absolute atomic E-state index is 0.184. The highest BCUT2D eigenvalue weighted by molar-refractivity contribution is 5.80. The summed E-state index contributed by atoms with van der Waals surface area (Å²) < 4.78 is 11.0. The van der Waals surface area contributed by atoms with Crippen LogP contribution in [0.25, 0.3) is 0 Å². The van der Waals surface area contributed by atoms with E-state index < -0.39 is 0 Å². The van der Waals surface area contributed by atoms with E-state index in [-0.39, 0.29) is 37.2 Å². The molecule has 0 unspecified atom stereocenters. The van der Waals surface area contributed by atoms with Crippen molar-refractivity contribution in [3.8, 4) is 11.5 Å². The van der Waals surface area contributed by atoms with Crippen molar-refractivity contribution in [2.75, 3.05) is 13.4 Å². The Labute approximate surface area is 128 Å². The van der Waals surface area contributed by atoms with E-state index in [0.29, 0.717) is 18.9 Å². The molecule has 3 heterocycles. The van der Waals surface area contributed by atoms with Crippen LogP contribution in [0, 0.1) is 11.8 Å². The van der Waals surface area contributed by atoms with Gasteiger partial charge in [-0.25, -0.2) is 0 Å². The number of fused-ring (bicyclic) bond motifs is 3. The molecule has 1 saturated carbocycles. The van der Waals surface area contributed by atoms with Gasteiger partial charge >= 0.3 is 0 Å². The molecule has 1 aliphatic carbocycles. The highest BCUT2D eigenvalue weighted by Gasteiger charge is 2.52. The molecule has 0 radical (unpaired) electrons. The number of benzene rings is 1. The second kappa shape index (κ2) is 4.38. The zero-order valence-corrected chi connectivity index (χ0v) is 12.3. The summed E-state index contributed by atoms with van der Waals surface area (Å²) in [5.41, 5.74) is 2.41. The van der Waals surface area contributed by atoms with Crippen LogP contribution in [0.15, 0.2) is 12.1 Å².